The molecule has 1 unspecified atom stereocenters. The standard InChI is InChI=1S/C15H18N2O2/c1-4-12(15(18)19)14-16-10(3)13(17-14)11-7-5-9(2)6-8-11/h5-8,12H,4H2,1-3H3,(H,16,17)(H,18,19). The number of H-pyrrole nitrogens is 1. The predicted octanol–water partition coefficient (Wildman–Crippen LogP) is 3.27. The monoisotopic (exact) mass is 258 g/mol. The summed E-state index contributed by atoms with van der Waals surface area (Å²) < 4.78 is 0. The van der Waals surface area contributed by atoms with Crippen molar-refractivity contribution in [2.75, 3.05) is 0 Å². The van der Waals surface area contributed by atoms with Gasteiger partial charge in [0.15, 0.2) is 0 Å². The number of aryl methyl sites for hydroxylation is 2. The minimum Gasteiger partial charge on any atom is -0.481 e. The molecule has 0 fully saturated rings. The number of aromatic amines is 1. The normalized spacial score (nSPS) is 12.4. The van der Waals surface area contributed by atoms with Crippen LogP contribution in [-0.4, -0.2) is 21.0 Å². The fourth-order valence-electron chi connectivity index (χ4n) is 2.13. The molecule has 19 heavy (non-hydrogen) atoms. The number of aromatic nitrogens is 2. The summed E-state index contributed by atoms with van der Waals surface area (Å²) in [5.74, 6) is -0.882. The van der Waals surface area contributed by atoms with Crippen LogP contribution in [0.3, 0.4) is 0 Å². The number of imidazole rings is 1. The van der Waals surface area contributed by atoms with E-state index in [1.54, 1.807) is 0 Å². The Balaban J connectivity index is 2.41. The Morgan fingerprint density at radius 3 is 2.47 bits per heavy atom. The van der Waals surface area contributed by atoms with Gasteiger partial charge in [0.05, 0.1) is 5.69 Å². The summed E-state index contributed by atoms with van der Waals surface area (Å²) in [5.41, 5.74) is 3.92. The first-order valence-electron chi connectivity index (χ1n) is 6.39. The molecule has 1 atom stereocenters. The molecule has 0 amide bonds. The third-order valence-corrected chi connectivity index (χ3v) is 3.26. The van der Waals surface area contributed by atoms with E-state index < -0.39 is 11.9 Å². The zero-order valence-electron chi connectivity index (χ0n) is 11.4. The molecular formula is C15H18N2O2. The topological polar surface area (TPSA) is 66.0 Å². The summed E-state index contributed by atoms with van der Waals surface area (Å²) in [4.78, 5) is 18.7. The summed E-state index contributed by atoms with van der Waals surface area (Å²) in [7, 11) is 0. The van der Waals surface area contributed by atoms with Crippen molar-refractivity contribution in [2.45, 2.75) is 33.1 Å². The summed E-state index contributed by atoms with van der Waals surface area (Å²) >= 11 is 0. The highest BCUT2D eigenvalue weighted by Crippen LogP contribution is 2.25. The van der Waals surface area contributed by atoms with Gasteiger partial charge in [-0.2, -0.15) is 0 Å². The molecule has 2 N–H and O–H groups in total. The molecule has 100 valence electrons. The lowest BCUT2D eigenvalue weighted by molar-refractivity contribution is -0.139. The molecule has 1 heterocycles. The maximum atomic E-state index is 11.2. The summed E-state index contributed by atoms with van der Waals surface area (Å²) in [5, 5.41) is 9.17. The second-order valence-corrected chi connectivity index (χ2v) is 4.76. The van der Waals surface area contributed by atoms with E-state index in [9.17, 15) is 9.90 Å². The van der Waals surface area contributed by atoms with Gasteiger partial charge in [-0.05, 0) is 20.3 Å². The average Bonchev–Trinajstić information content (AvgIpc) is 2.72. The quantitative estimate of drug-likeness (QED) is 0.884. The number of nitrogens with one attached hydrogen (secondary N) is 1. The number of nitrogens with zero attached hydrogens (tertiary/aromatic N) is 1. The minimum atomic E-state index is -0.841. The van der Waals surface area contributed by atoms with Crippen LogP contribution in [0, 0.1) is 13.8 Å². The smallest absolute Gasteiger partial charge is 0.314 e. The first-order chi connectivity index (χ1) is 9.02. The van der Waals surface area contributed by atoms with Gasteiger partial charge >= 0.3 is 5.97 Å². The van der Waals surface area contributed by atoms with Crippen molar-refractivity contribution in [1.29, 1.82) is 0 Å². The zero-order chi connectivity index (χ0) is 14.0. The number of hydrogen-bond donors (Lipinski definition) is 2. The van der Waals surface area contributed by atoms with Crippen molar-refractivity contribution < 1.29 is 9.90 Å². The molecular weight excluding hydrogens is 240 g/mol. The molecule has 0 saturated carbocycles. The second-order valence-electron chi connectivity index (χ2n) is 4.76. The highest BCUT2D eigenvalue weighted by Gasteiger charge is 2.22. The van der Waals surface area contributed by atoms with Crippen LogP contribution in [0.25, 0.3) is 11.3 Å². The lowest BCUT2D eigenvalue weighted by Crippen LogP contribution is -2.12. The van der Waals surface area contributed by atoms with Gasteiger partial charge in [-0.3, -0.25) is 4.79 Å². The molecule has 4 nitrogen and oxygen atoms in total. The van der Waals surface area contributed by atoms with Crippen LogP contribution in [0.1, 0.15) is 36.3 Å². The number of aliphatic carboxylic acids is 1. The van der Waals surface area contributed by atoms with Crippen LogP contribution < -0.4 is 0 Å². The van der Waals surface area contributed by atoms with Crippen molar-refractivity contribution in [3.8, 4) is 11.3 Å². The average molecular weight is 258 g/mol. The fourth-order valence-corrected chi connectivity index (χ4v) is 2.13. The van der Waals surface area contributed by atoms with E-state index >= 15 is 0 Å². The number of carbonyl (C=O) groups is 1. The number of hydrogen-bond acceptors (Lipinski definition) is 2. The first-order valence-corrected chi connectivity index (χ1v) is 6.39. The maximum absolute atomic E-state index is 11.2. The van der Waals surface area contributed by atoms with Crippen LogP contribution in [-0.2, 0) is 4.79 Å². The highest BCUT2D eigenvalue weighted by molar-refractivity contribution is 5.75. The Hall–Kier alpha value is -2.10. The molecule has 0 bridgehead atoms. The van der Waals surface area contributed by atoms with E-state index in [0.717, 1.165) is 17.0 Å². The van der Waals surface area contributed by atoms with E-state index in [1.807, 2.05) is 45.0 Å². The molecule has 0 spiro atoms. The van der Waals surface area contributed by atoms with Crippen molar-refractivity contribution in [2.24, 2.45) is 0 Å². The van der Waals surface area contributed by atoms with Crippen molar-refractivity contribution in [3.63, 3.8) is 0 Å². The molecule has 4 heteroatoms. The van der Waals surface area contributed by atoms with Crippen LogP contribution in [0.5, 0.6) is 0 Å². The Morgan fingerprint density at radius 2 is 1.95 bits per heavy atom. The van der Waals surface area contributed by atoms with Crippen LogP contribution >= 0.6 is 0 Å². The molecule has 0 aliphatic carbocycles. The van der Waals surface area contributed by atoms with Crippen molar-refractivity contribution in [1.82, 2.24) is 9.97 Å². The molecule has 1 aromatic carbocycles. The number of carboxylic acid groups (broad SMARTS) is 1. The zero-order valence-corrected chi connectivity index (χ0v) is 11.4. The fraction of sp³-hybridized carbons (Fsp3) is 0.333. The molecule has 0 aliphatic heterocycles. The molecule has 0 radical (unpaired) electrons. The van der Waals surface area contributed by atoms with Gasteiger partial charge < -0.3 is 10.1 Å². The van der Waals surface area contributed by atoms with Crippen LogP contribution in [0.4, 0.5) is 0 Å². The highest BCUT2D eigenvalue weighted by atomic mass is 16.4. The van der Waals surface area contributed by atoms with Gasteiger partial charge in [0.2, 0.25) is 0 Å². The Bertz CT molecular complexity index is 585. The predicted molar refractivity (Wildman–Crippen MR) is 74.2 cm³/mol. The third-order valence-electron chi connectivity index (χ3n) is 3.26. The number of carboxylic acids is 1. The van der Waals surface area contributed by atoms with Gasteiger partial charge in [-0.25, -0.2) is 4.98 Å². The third kappa shape index (κ3) is 2.67. The largest absolute Gasteiger partial charge is 0.481 e. The van der Waals surface area contributed by atoms with E-state index in [2.05, 4.69) is 9.97 Å². The van der Waals surface area contributed by atoms with E-state index in [1.165, 1.54) is 5.56 Å². The van der Waals surface area contributed by atoms with Crippen LogP contribution in [0.2, 0.25) is 0 Å². The molecule has 1 aromatic heterocycles. The number of benzene rings is 1. The van der Waals surface area contributed by atoms with E-state index in [-0.39, 0.29) is 0 Å². The SMILES string of the molecule is CCC(C(=O)O)c1nc(-c2ccc(C)cc2)c(C)[nH]1. The molecule has 2 aromatic rings. The van der Waals surface area contributed by atoms with E-state index in [4.69, 9.17) is 0 Å². The molecule has 2 rings (SSSR count). The lowest BCUT2D eigenvalue weighted by Gasteiger charge is -2.04. The van der Waals surface area contributed by atoms with Gasteiger partial charge in [0.25, 0.3) is 0 Å². The van der Waals surface area contributed by atoms with Crippen molar-refractivity contribution in [3.05, 3.63) is 41.3 Å². The van der Waals surface area contributed by atoms with Crippen LogP contribution in [0.15, 0.2) is 24.3 Å². The first kappa shape index (κ1) is 13.3. The molecule has 0 aliphatic rings. The second kappa shape index (κ2) is 5.26. The summed E-state index contributed by atoms with van der Waals surface area (Å²) in [6, 6.07) is 8.06. The van der Waals surface area contributed by atoms with Crippen molar-refractivity contribution >= 4 is 5.97 Å². The Kier molecular flexibility index (Phi) is 3.69. The van der Waals surface area contributed by atoms with Gasteiger partial charge in [0, 0.05) is 11.3 Å². The Morgan fingerprint density at radius 1 is 1.32 bits per heavy atom. The Labute approximate surface area is 112 Å². The number of rotatable bonds is 4. The van der Waals surface area contributed by atoms with E-state index in [0.29, 0.717) is 12.2 Å². The van der Waals surface area contributed by atoms with Gasteiger partial charge in [0.1, 0.15) is 11.7 Å². The lowest BCUT2D eigenvalue weighted by atomic mass is 10.1. The molecule has 0 saturated heterocycles. The van der Waals surface area contributed by atoms with Gasteiger partial charge in [-0.1, -0.05) is 36.8 Å². The summed E-state index contributed by atoms with van der Waals surface area (Å²) in [6.45, 7) is 5.80. The summed E-state index contributed by atoms with van der Waals surface area (Å²) in [6.07, 6.45) is 0.523. The van der Waals surface area contributed by atoms with Gasteiger partial charge in [-0.15, -0.1) is 0 Å². The maximum Gasteiger partial charge on any atom is 0.314 e. The minimum absolute atomic E-state index is 0.523.